The second-order valence-electron chi connectivity index (χ2n) is 5.42. The highest BCUT2D eigenvalue weighted by Gasteiger charge is 2.09. The minimum absolute atomic E-state index is 0.258. The van der Waals surface area contributed by atoms with Crippen LogP contribution in [-0.2, 0) is 11.2 Å². The number of H-pyrrole nitrogens is 1. The smallest absolute Gasteiger partial charge is 0.286 e. The molecule has 0 atom stereocenters. The summed E-state index contributed by atoms with van der Waals surface area (Å²) >= 11 is 0. The van der Waals surface area contributed by atoms with Gasteiger partial charge in [0.05, 0.1) is 6.20 Å². The number of nitrogens with zero attached hydrogens (tertiary/aromatic N) is 1. The first-order valence-electron chi connectivity index (χ1n) is 7.95. The molecule has 3 aromatic rings. The number of amides is 2. The van der Waals surface area contributed by atoms with Crippen molar-refractivity contribution in [3.63, 3.8) is 0 Å². The number of hydrogen-bond acceptors (Lipinski definition) is 4. The number of aromatic nitrogens is 2. The molecular formula is C18H18N4O3. The van der Waals surface area contributed by atoms with Gasteiger partial charge in [-0.2, -0.15) is 0 Å². The molecule has 128 valence electrons. The summed E-state index contributed by atoms with van der Waals surface area (Å²) in [7, 11) is 0. The molecule has 2 aromatic heterocycles. The van der Waals surface area contributed by atoms with Crippen molar-refractivity contribution >= 4 is 11.8 Å². The molecule has 1 aromatic carbocycles. The van der Waals surface area contributed by atoms with Crippen LogP contribution in [0.1, 0.15) is 29.2 Å². The van der Waals surface area contributed by atoms with E-state index in [0.29, 0.717) is 30.2 Å². The van der Waals surface area contributed by atoms with Gasteiger partial charge in [-0.25, -0.2) is 4.98 Å². The zero-order valence-electron chi connectivity index (χ0n) is 13.5. The minimum atomic E-state index is -0.390. The Labute approximate surface area is 144 Å². The number of carbonyl (C=O) groups is 2. The van der Waals surface area contributed by atoms with E-state index in [1.807, 2.05) is 30.3 Å². The fourth-order valence-electron chi connectivity index (χ4n) is 2.29. The minimum Gasteiger partial charge on any atom is -0.441 e. The first-order chi connectivity index (χ1) is 12.2. The van der Waals surface area contributed by atoms with Gasteiger partial charge in [-0.15, -0.1) is 0 Å². The Bertz CT molecular complexity index is 825. The number of benzene rings is 1. The second-order valence-corrected chi connectivity index (χ2v) is 5.42. The van der Waals surface area contributed by atoms with Crippen molar-refractivity contribution in [1.82, 2.24) is 20.8 Å². The zero-order valence-corrected chi connectivity index (χ0v) is 13.5. The number of carbonyl (C=O) groups excluding carboxylic acids is 2. The van der Waals surface area contributed by atoms with Crippen LogP contribution >= 0.6 is 0 Å². The van der Waals surface area contributed by atoms with Crippen molar-refractivity contribution in [3.05, 3.63) is 66.4 Å². The van der Waals surface area contributed by atoms with Crippen molar-refractivity contribution in [3.8, 4) is 11.3 Å². The number of aryl methyl sites for hydroxylation is 1. The number of hydrogen-bond donors (Lipinski definition) is 3. The van der Waals surface area contributed by atoms with E-state index in [1.54, 1.807) is 24.5 Å². The SMILES string of the molecule is O=C(CCCc1ncc(-c2ccccc2)o1)NNC(=O)c1ccc[nH]1. The van der Waals surface area contributed by atoms with Crippen molar-refractivity contribution in [2.24, 2.45) is 0 Å². The number of oxazole rings is 1. The number of rotatable bonds is 6. The van der Waals surface area contributed by atoms with Crippen molar-refractivity contribution in [1.29, 1.82) is 0 Å². The van der Waals surface area contributed by atoms with Gasteiger partial charge < -0.3 is 9.40 Å². The lowest BCUT2D eigenvalue weighted by atomic mass is 10.2. The molecule has 0 unspecified atom stereocenters. The number of aromatic amines is 1. The van der Waals surface area contributed by atoms with E-state index in [-0.39, 0.29) is 12.3 Å². The normalized spacial score (nSPS) is 10.4. The maximum Gasteiger partial charge on any atom is 0.286 e. The molecule has 0 saturated carbocycles. The van der Waals surface area contributed by atoms with Crippen LogP contribution in [0.3, 0.4) is 0 Å². The third kappa shape index (κ3) is 4.57. The fraction of sp³-hybridized carbons (Fsp3) is 0.167. The Morgan fingerprint density at radius 3 is 2.68 bits per heavy atom. The lowest BCUT2D eigenvalue weighted by Crippen LogP contribution is -2.41. The zero-order chi connectivity index (χ0) is 17.5. The van der Waals surface area contributed by atoms with Gasteiger partial charge in [0.2, 0.25) is 5.91 Å². The van der Waals surface area contributed by atoms with Crippen LogP contribution in [0, 0.1) is 0 Å². The number of hydrazine groups is 1. The molecule has 2 amide bonds. The maximum absolute atomic E-state index is 11.7. The molecule has 0 aliphatic rings. The molecule has 3 rings (SSSR count). The Balaban J connectivity index is 1.40. The molecule has 0 aliphatic carbocycles. The highest BCUT2D eigenvalue weighted by atomic mass is 16.4. The molecule has 25 heavy (non-hydrogen) atoms. The molecule has 0 radical (unpaired) electrons. The summed E-state index contributed by atoms with van der Waals surface area (Å²) in [5, 5.41) is 0. The molecule has 3 N–H and O–H groups in total. The average molecular weight is 338 g/mol. The summed E-state index contributed by atoms with van der Waals surface area (Å²) in [5.74, 6) is 0.633. The highest BCUT2D eigenvalue weighted by molar-refractivity contribution is 5.93. The molecule has 2 heterocycles. The molecular weight excluding hydrogens is 320 g/mol. The summed E-state index contributed by atoms with van der Waals surface area (Å²) in [6, 6.07) is 13.0. The Kier molecular flexibility index (Phi) is 5.26. The maximum atomic E-state index is 11.7. The molecule has 7 nitrogen and oxygen atoms in total. The number of nitrogens with one attached hydrogen (secondary N) is 3. The van der Waals surface area contributed by atoms with Gasteiger partial charge in [0.15, 0.2) is 11.7 Å². The first-order valence-corrected chi connectivity index (χ1v) is 7.95. The van der Waals surface area contributed by atoms with Crippen LogP contribution in [0.25, 0.3) is 11.3 Å². The Hall–Kier alpha value is -3.35. The fourth-order valence-corrected chi connectivity index (χ4v) is 2.29. The van der Waals surface area contributed by atoms with Gasteiger partial charge in [-0.1, -0.05) is 30.3 Å². The molecule has 0 spiro atoms. The monoisotopic (exact) mass is 338 g/mol. The topological polar surface area (TPSA) is 100 Å². The predicted molar refractivity (Wildman–Crippen MR) is 91.3 cm³/mol. The quantitative estimate of drug-likeness (QED) is 0.601. The third-order valence-corrected chi connectivity index (χ3v) is 3.56. The van der Waals surface area contributed by atoms with E-state index in [4.69, 9.17) is 4.42 Å². The van der Waals surface area contributed by atoms with Crippen LogP contribution in [-0.4, -0.2) is 21.8 Å². The van der Waals surface area contributed by atoms with Crippen molar-refractivity contribution in [2.45, 2.75) is 19.3 Å². The summed E-state index contributed by atoms with van der Waals surface area (Å²) in [4.78, 5) is 30.4. The molecule has 0 bridgehead atoms. The van der Waals surface area contributed by atoms with Gasteiger partial charge >= 0.3 is 0 Å². The average Bonchev–Trinajstić information content (AvgIpc) is 3.32. The van der Waals surface area contributed by atoms with Crippen molar-refractivity contribution in [2.75, 3.05) is 0 Å². The molecule has 0 aliphatic heterocycles. The van der Waals surface area contributed by atoms with E-state index in [1.165, 1.54) is 0 Å². The van der Waals surface area contributed by atoms with Gasteiger partial charge in [0.25, 0.3) is 5.91 Å². The van der Waals surface area contributed by atoms with E-state index in [2.05, 4.69) is 20.8 Å². The van der Waals surface area contributed by atoms with Gasteiger partial charge in [0, 0.05) is 24.6 Å². The van der Waals surface area contributed by atoms with E-state index >= 15 is 0 Å². The largest absolute Gasteiger partial charge is 0.441 e. The van der Waals surface area contributed by atoms with E-state index < -0.39 is 5.91 Å². The Morgan fingerprint density at radius 2 is 1.92 bits per heavy atom. The predicted octanol–water partition coefficient (Wildman–Crippen LogP) is 2.45. The lowest BCUT2D eigenvalue weighted by Gasteiger charge is -2.05. The van der Waals surface area contributed by atoms with E-state index in [0.717, 1.165) is 5.56 Å². The lowest BCUT2D eigenvalue weighted by molar-refractivity contribution is -0.121. The van der Waals surface area contributed by atoms with Crippen LogP contribution in [0.5, 0.6) is 0 Å². The summed E-state index contributed by atoms with van der Waals surface area (Å²) < 4.78 is 5.68. The molecule has 0 fully saturated rings. The van der Waals surface area contributed by atoms with Crippen LogP contribution in [0.2, 0.25) is 0 Å². The third-order valence-electron chi connectivity index (χ3n) is 3.56. The van der Waals surface area contributed by atoms with Crippen LogP contribution in [0.4, 0.5) is 0 Å². The highest BCUT2D eigenvalue weighted by Crippen LogP contribution is 2.20. The van der Waals surface area contributed by atoms with Gasteiger partial charge in [-0.05, 0) is 18.6 Å². The Morgan fingerprint density at radius 1 is 1.08 bits per heavy atom. The van der Waals surface area contributed by atoms with Crippen molar-refractivity contribution < 1.29 is 14.0 Å². The van der Waals surface area contributed by atoms with Gasteiger partial charge in [0.1, 0.15) is 5.69 Å². The standard InChI is InChI=1S/C18H18N4O3/c23-16(21-22-18(24)14-8-5-11-19-14)9-4-10-17-20-12-15(25-17)13-6-2-1-3-7-13/h1-3,5-8,11-12,19H,4,9-10H2,(H,21,23)(H,22,24). The summed E-state index contributed by atoms with van der Waals surface area (Å²) in [5.41, 5.74) is 6.08. The summed E-state index contributed by atoms with van der Waals surface area (Å²) in [6.45, 7) is 0. The van der Waals surface area contributed by atoms with Crippen LogP contribution in [0.15, 0.2) is 59.3 Å². The molecule has 7 heteroatoms. The van der Waals surface area contributed by atoms with E-state index in [9.17, 15) is 9.59 Å². The second kappa shape index (κ2) is 7.96. The van der Waals surface area contributed by atoms with Gasteiger partial charge in [-0.3, -0.25) is 20.4 Å². The van der Waals surface area contributed by atoms with Crippen LogP contribution < -0.4 is 10.9 Å². The molecule has 0 saturated heterocycles. The first kappa shape index (κ1) is 16.5. The summed E-state index contributed by atoms with van der Waals surface area (Å²) in [6.07, 6.45) is 4.69.